The predicted molar refractivity (Wildman–Crippen MR) is 86.2 cm³/mol. The van der Waals surface area contributed by atoms with Crippen LogP contribution in [0.4, 0.5) is 14.6 Å². The number of carbonyl (C=O) groups excluding carboxylic acids is 1. The van der Waals surface area contributed by atoms with Gasteiger partial charge in [0.15, 0.2) is 0 Å². The summed E-state index contributed by atoms with van der Waals surface area (Å²) in [5, 5.41) is 3.31. The number of nitrogens with one attached hydrogen (secondary N) is 1. The van der Waals surface area contributed by atoms with E-state index in [0.29, 0.717) is 25.5 Å². The number of aromatic nitrogens is 2. The standard InChI is InChI=1S/C17H22F2N4O2/c18-17(19)6-12(7-17)15(24)23-5-1-2-16(11-23)8-13(10-25-16)22-14-9-20-3-4-21-14/h3-4,9,12-13H,1-2,5-8,10-11H2,(H,21,22). The van der Waals surface area contributed by atoms with E-state index in [0.717, 1.165) is 19.3 Å². The molecule has 25 heavy (non-hydrogen) atoms. The van der Waals surface area contributed by atoms with Gasteiger partial charge in [-0.2, -0.15) is 0 Å². The Morgan fingerprint density at radius 1 is 1.32 bits per heavy atom. The molecule has 2 saturated heterocycles. The minimum atomic E-state index is -2.66. The molecule has 2 atom stereocenters. The third-order valence-electron chi connectivity index (χ3n) is 5.41. The van der Waals surface area contributed by atoms with Crippen molar-refractivity contribution in [2.24, 2.45) is 5.92 Å². The largest absolute Gasteiger partial charge is 0.371 e. The third-order valence-corrected chi connectivity index (χ3v) is 5.41. The molecule has 1 N–H and O–H groups in total. The van der Waals surface area contributed by atoms with Gasteiger partial charge in [0.2, 0.25) is 11.8 Å². The first-order chi connectivity index (χ1) is 11.9. The van der Waals surface area contributed by atoms with E-state index >= 15 is 0 Å². The zero-order valence-electron chi connectivity index (χ0n) is 14.0. The lowest BCUT2D eigenvalue weighted by Gasteiger charge is -2.43. The van der Waals surface area contributed by atoms with Crippen LogP contribution in [-0.4, -0.2) is 58.0 Å². The van der Waals surface area contributed by atoms with E-state index in [1.165, 1.54) is 0 Å². The van der Waals surface area contributed by atoms with Crippen LogP contribution >= 0.6 is 0 Å². The van der Waals surface area contributed by atoms with Gasteiger partial charge in [0.1, 0.15) is 5.82 Å². The van der Waals surface area contributed by atoms with Crippen LogP contribution in [0.2, 0.25) is 0 Å². The Morgan fingerprint density at radius 3 is 2.88 bits per heavy atom. The number of carbonyl (C=O) groups is 1. The summed E-state index contributed by atoms with van der Waals surface area (Å²) in [5.41, 5.74) is -0.375. The molecule has 3 heterocycles. The molecule has 0 radical (unpaired) electrons. The van der Waals surface area contributed by atoms with Crippen molar-refractivity contribution in [2.45, 2.75) is 49.7 Å². The maximum atomic E-state index is 13.1. The highest BCUT2D eigenvalue weighted by molar-refractivity contribution is 5.80. The van der Waals surface area contributed by atoms with E-state index in [4.69, 9.17) is 4.74 Å². The minimum Gasteiger partial charge on any atom is -0.371 e. The summed E-state index contributed by atoms with van der Waals surface area (Å²) in [7, 11) is 0. The molecule has 1 aromatic rings. The van der Waals surface area contributed by atoms with Crippen LogP contribution in [0.25, 0.3) is 0 Å². The van der Waals surface area contributed by atoms with Gasteiger partial charge < -0.3 is 15.0 Å². The molecule has 1 aliphatic carbocycles. The van der Waals surface area contributed by atoms with E-state index < -0.39 is 11.8 Å². The number of likely N-dealkylation sites (tertiary alicyclic amines) is 1. The number of ether oxygens (including phenoxy) is 1. The second kappa shape index (κ2) is 6.16. The Balaban J connectivity index is 1.35. The third kappa shape index (κ3) is 3.44. The van der Waals surface area contributed by atoms with E-state index in [1.807, 2.05) is 0 Å². The second-order valence-electron chi connectivity index (χ2n) is 7.45. The highest BCUT2D eigenvalue weighted by atomic mass is 19.3. The molecule has 3 aliphatic rings. The molecule has 2 aliphatic heterocycles. The summed E-state index contributed by atoms with van der Waals surface area (Å²) < 4.78 is 32.2. The van der Waals surface area contributed by atoms with E-state index in [2.05, 4.69) is 15.3 Å². The molecular weight excluding hydrogens is 330 g/mol. The molecule has 2 unspecified atom stereocenters. The number of nitrogens with zero attached hydrogens (tertiary/aromatic N) is 3. The van der Waals surface area contributed by atoms with E-state index in [-0.39, 0.29) is 30.4 Å². The van der Waals surface area contributed by atoms with Gasteiger partial charge in [-0.3, -0.25) is 9.78 Å². The average molecular weight is 352 g/mol. The highest BCUT2D eigenvalue weighted by Gasteiger charge is 2.52. The molecule has 6 nitrogen and oxygen atoms in total. The average Bonchev–Trinajstić information content (AvgIpc) is 2.94. The SMILES string of the molecule is O=C(C1CC(F)(F)C1)N1CCCC2(CC(Nc3cnccn3)CO2)C1. The molecule has 1 amide bonds. The van der Waals surface area contributed by atoms with Crippen molar-refractivity contribution >= 4 is 11.7 Å². The maximum Gasteiger partial charge on any atom is 0.249 e. The Labute approximate surface area is 145 Å². The lowest BCUT2D eigenvalue weighted by molar-refractivity contribution is -0.165. The van der Waals surface area contributed by atoms with Gasteiger partial charge in [0.25, 0.3) is 0 Å². The number of amides is 1. The zero-order chi connectivity index (χ0) is 17.5. The van der Waals surface area contributed by atoms with Crippen LogP contribution in [0.5, 0.6) is 0 Å². The second-order valence-corrected chi connectivity index (χ2v) is 7.45. The quantitative estimate of drug-likeness (QED) is 0.902. The van der Waals surface area contributed by atoms with Crippen molar-refractivity contribution in [3.05, 3.63) is 18.6 Å². The smallest absolute Gasteiger partial charge is 0.249 e. The minimum absolute atomic E-state index is 0.111. The number of alkyl halides is 2. The molecular formula is C17H22F2N4O2. The molecule has 1 aromatic heterocycles. The summed E-state index contributed by atoms with van der Waals surface area (Å²) in [6.07, 6.45) is 6.78. The Morgan fingerprint density at radius 2 is 2.16 bits per heavy atom. The fraction of sp³-hybridized carbons (Fsp3) is 0.706. The summed E-state index contributed by atoms with van der Waals surface area (Å²) in [6.45, 7) is 1.67. The predicted octanol–water partition coefficient (Wildman–Crippen LogP) is 2.08. The van der Waals surface area contributed by atoms with Crippen LogP contribution in [-0.2, 0) is 9.53 Å². The molecule has 3 fully saturated rings. The first-order valence-electron chi connectivity index (χ1n) is 8.78. The summed E-state index contributed by atoms with van der Waals surface area (Å²) in [4.78, 5) is 22.5. The molecule has 0 bridgehead atoms. The Kier molecular flexibility index (Phi) is 4.10. The lowest BCUT2D eigenvalue weighted by Crippen LogP contribution is -2.54. The van der Waals surface area contributed by atoms with Crippen molar-refractivity contribution < 1.29 is 18.3 Å². The normalized spacial score (nSPS) is 31.8. The number of anilines is 1. The monoisotopic (exact) mass is 352 g/mol. The van der Waals surface area contributed by atoms with Gasteiger partial charge in [0, 0.05) is 50.7 Å². The number of piperidine rings is 1. The Hall–Kier alpha value is -1.83. The van der Waals surface area contributed by atoms with Crippen LogP contribution in [0.3, 0.4) is 0 Å². The molecule has 136 valence electrons. The van der Waals surface area contributed by atoms with E-state index in [1.54, 1.807) is 23.5 Å². The number of halogens is 2. The maximum absolute atomic E-state index is 13.1. The summed E-state index contributed by atoms with van der Waals surface area (Å²) in [5.74, 6) is -2.63. The summed E-state index contributed by atoms with van der Waals surface area (Å²) in [6, 6.07) is 0.111. The lowest BCUT2D eigenvalue weighted by atomic mass is 9.79. The van der Waals surface area contributed by atoms with Crippen LogP contribution < -0.4 is 5.32 Å². The van der Waals surface area contributed by atoms with Crippen LogP contribution in [0.15, 0.2) is 18.6 Å². The van der Waals surface area contributed by atoms with Crippen LogP contribution in [0.1, 0.15) is 32.1 Å². The topological polar surface area (TPSA) is 67.4 Å². The number of hydrogen-bond acceptors (Lipinski definition) is 5. The fourth-order valence-corrected chi connectivity index (χ4v) is 4.18. The highest BCUT2D eigenvalue weighted by Crippen LogP contribution is 2.44. The van der Waals surface area contributed by atoms with Gasteiger partial charge in [-0.15, -0.1) is 0 Å². The van der Waals surface area contributed by atoms with Crippen molar-refractivity contribution in [1.29, 1.82) is 0 Å². The first-order valence-corrected chi connectivity index (χ1v) is 8.78. The van der Waals surface area contributed by atoms with Crippen molar-refractivity contribution in [3.63, 3.8) is 0 Å². The van der Waals surface area contributed by atoms with Crippen molar-refractivity contribution in [1.82, 2.24) is 14.9 Å². The molecule has 8 heteroatoms. The number of rotatable bonds is 3. The Bertz CT molecular complexity index is 637. The van der Waals surface area contributed by atoms with Gasteiger partial charge in [-0.1, -0.05) is 0 Å². The van der Waals surface area contributed by atoms with Gasteiger partial charge >= 0.3 is 0 Å². The molecule has 1 saturated carbocycles. The molecule has 4 rings (SSSR count). The zero-order valence-corrected chi connectivity index (χ0v) is 14.0. The number of hydrogen-bond donors (Lipinski definition) is 1. The van der Waals surface area contributed by atoms with Gasteiger partial charge in [0.05, 0.1) is 24.4 Å². The first kappa shape index (κ1) is 16.6. The van der Waals surface area contributed by atoms with Crippen molar-refractivity contribution in [3.8, 4) is 0 Å². The van der Waals surface area contributed by atoms with Crippen molar-refractivity contribution in [2.75, 3.05) is 25.0 Å². The van der Waals surface area contributed by atoms with E-state index in [9.17, 15) is 13.6 Å². The van der Waals surface area contributed by atoms with Crippen LogP contribution in [0, 0.1) is 5.92 Å². The molecule has 1 spiro atoms. The van der Waals surface area contributed by atoms with Gasteiger partial charge in [-0.25, -0.2) is 13.8 Å². The summed E-state index contributed by atoms with van der Waals surface area (Å²) >= 11 is 0. The fourth-order valence-electron chi connectivity index (χ4n) is 4.18. The molecule has 0 aromatic carbocycles. The van der Waals surface area contributed by atoms with Gasteiger partial charge in [-0.05, 0) is 12.8 Å².